The van der Waals surface area contributed by atoms with Crippen LogP contribution in [0.5, 0.6) is 0 Å². The van der Waals surface area contributed by atoms with Crippen molar-refractivity contribution in [3.8, 4) is 0 Å². The minimum absolute atomic E-state index is 0.0949. The van der Waals surface area contributed by atoms with Gasteiger partial charge in [-0.2, -0.15) is 0 Å². The molecule has 0 aliphatic carbocycles. The SMILES string of the molecule is NC(=O)NN1C=CN2C=CSC21.O=CO. The Kier molecular flexibility index (Phi) is 3.86. The fraction of sp³-hybridized carbons (Fsp3) is 0.143. The Balaban J connectivity index is 0.000000337. The number of hydrogen-bond donors (Lipinski definition) is 3. The van der Waals surface area contributed by atoms with E-state index in [2.05, 4.69) is 5.43 Å². The fourth-order valence-corrected chi connectivity index (χ4v) is 1.98. The van der Waals surface area contributed by atoms with Crippen molar-refractivity contribution in [2.75, 3.05) is 0 Å². The lowest BCUT2D eigenvalue weighted by Crippen LogP contribution is -2.46. The molecule has 0 saturated carbocycles. The van der Waals surface area contributed by atoms with Gasteiger partial charge in [0.2, 0.25) is 0 Å². The van der Waals surface area contributed by atoms with Crippen LogP contribution in [0.25, 0.3) is 0 Å². The predicted molar refractivity (Wildman–Crippen MR) is 54.7 cm³/mol. The van der Waals surface area contributed by atoms with Gasteiger partial charge in [-0.3, -0.25) is 9.80 Å². The first kappa shape index (κ1) is 11.2. The van der Waals surface area contributed by atoms with E-state index in [9.17, 15) is 4.79 Å². The van der Waals surface area contributed by atoms with E-state index in [1.807, 2.05) is 22.7 Å². The number of nitrogens with two attached hydrogens (primary N) is 1. The van der Waals surface area contributed by atoms with E-state index in [-0.39, 0.29) is 12.0 Å². The Morgan fingerprint density at radius 2 is 2.20 bits per heavy atom. The summed E-state index contributed by atoms with van der Waals surface area (Å²) in [5.41, 5.74) is 7.57. The van der Waals surface area contributed by atoms with Crippen molar-refractivity contribution in [3.05, 3.63) is 24.0 Å². The Bertz CT molecular complexity index is 307. The molecule has 82 valence electrons. The maximum absolute atomic E-state index is 10.5. The molecule has 1 atom stereocenters. The third kappa shape index (κ3) is 2.81. The van der Waals surface area contributed by atoms with Crippen molar-refractivity contribution >= 4 is 24.3 Å². The molecule has 2 heterocycles. The smallest absolute Gasteiger partial charge is 0.331 e. The number of nitrogens with one attached hydrogen (secondary N) is 1. The number of primary amides is 1. The number of carboxylic acid groups (broad SMARTS) is 1. The molecular weight excluding hydrogens is 220 g/mol. The highest BCUT2D eigenvalue weighted by Gasteiger charge is 2.28. The van der Waals surface area contributed by atoms with E-state index in [0.29, 0.717) is 0 Å². The van der Waals surface area contributed by atoms with Crippen LogP contribution in [0.15, 0.2) is 24.0 Å². The van der Waals surface area contributed by atoms with Crippen LogP contribution in [0.4, 0.5) is 4.79 Å². The molecular formula is C7H10N4O3S. The number of hydrogen-bond acceptors (Lipinski definition) is 5. The molecule has 0 aromatic carbocycles. The first-order valence-corrected chi connectivity index (χ1v) is 4.83. The summed E-state index contributed by atoms with van der Waals surface area (Å²) in [5, 5.41) is 10.5. The molecule has 2 aliphatic heterocycles. The van der Waals surface area contributed by atoms with Gasteiger partial charge >= 0.3 is 6.03 Å². The Morgan fingerprint density at radius 3 is 2.80 bits per heavy atom. The Labute approximate surface area is 90.2 Å². The zero-order valence-electron chi connectivity index (χ0n) is 7.61. The number of carbonyl (C=O) groups excluding carboxylic acids is 1. The van der Waals surface area contributed by atoms with Crippen LogP contribution in [0.2, 0.25) is 0 Å². The average Bonchev–Trinajstić information content (AvgIpc) is 2.70. The molecule has 0 fully saturated rings. The molecule has 15 heavy (non-hydrogen) atoms. The lowest BCUT2D eigenvalue weighted by atomic mass is 10.8. The lowest BCUT2D eigenvalue weighted by Gasteiger charge is -2.24. The third-order valence-corrected chi connectivity index (χ3v) is 2.56. The van der Waals surface area contributed by atoms with E-state index in [1.165, 1.54) is 0 Å². The van der Waals surface area contributed by atoms with E-state index in [0.717, 1.165) is 0 Å². The second-order valence-corrected chi connectivity index (χ2v) is 3.45. The molecule has 2 amide bonds. The molecule has 0 spiro atoms. The van der Waals surface area contributed by atoms with Crippen LogP contribution in [-0.4, -0.2) is 33.0 Å². The van der Waals surface area contributed by atoms with Crippen LogP contribution >= 0.6 is 11.8 Å². The van der Waals surface area contributed by atoms with Crippen molar-refractivity contribution in [2.24, 2.45) is 5.73 Å². The van der Waals surface area contributed by atoms with Crippen LogP contribution < -0.4 is 11.2 Å². The zero-order chi connectivity index (χ0) is 11.3. The Hall–Kier alpha value is -1.83. The van der Waals surface area contributed by atoms with Gasteiger partial charge < -0.3 is 15.7 Å². The summed E-state index contributed by atoms with van der Waals surface area (Å²) in [4.78, 5) is 20.9. The van der Waals surface area contributed by atoms with Crippen LogP contribution in [-0.2, 0) is 4.79 Å². The number of carbonyl (C=O) groups is 2. The summed E-state index contributed by atoms with van der Waals surface area (Å²) in [6, 6.07) is -0.547. The van der Waals surface area contributed by atoms with E-state index >= 15 is 0 Å². The number of thioether (sulfide) groups is 1. The quantitative estimate of drug-likeness (QED) is 0.542. The number of rotatable bonds is 1. The molecule has 7 nitrogen and oxygen atoms in total. The largest absolute Gasteiger partial charge is 0.483 e. The summed E-state index contributed by atoms with van der Waals surface area (Å²) in [7, 11) is 0. The first-order valence-electron chi connectivity index (χ1n) is 3.89. The van der Waals surface area contributed by atoms with Crippen molar-refractivity contribution in [1.82, 2.24) is 15.3 Å². The number of hydrazine groups is 1. The number of urea groups is 1. The second-order valence-electron chi connectivity index (χ2n) is 2.48. The van der Waals surface area contributed by atoms with Gasteiger partial charge in [0.25, 0.3) is 6.47 Å². The van der Waals surface area contributed by atoms with Gasteiger partial charge in [-0.05, 0) is 5.41 Å². The maximum Gasteiger partial charge on any atom is 0.331 e. The molecule has 0 radical (unpaired) electrons. The summed E-state index contributed by atoms with van der Waals surface area (Å²) < 4.78 is 0. The van der Waals surface area contributed by atoms with Crippen molar-refractivity contribution in [3.63, 3.8) is 0 Å². The van der Waals surface area contributed by atoms with E-state index in [4.69, 9.17) is 15.6 Å². The predicted octanol–water partition coefficient (Wildman–Crippen LogP) is -0.139. The molecule has 2 aliphatic rings. The minimum Gasteiger partial charge on any atom is -0.483 e. The third-order valence-electron chi connectivity index (χ3n) is 1.56. The first-order chi connectivity index (χ1) is 7.19. The van der Waals surface area contributed by atoms with Crippen molar-refractivity contribution in [2.45, 2.75) is 5.50 Å². The summed E-state index contributed by atoms with van der Waals surface area (Å²) in [5.74, 6) is 0. The molecule has 0 aromatic heterocycles. The topological polar surface area (TPSA) is 98.9 Å². The normalized spacial score (nSPS) is 20.7. The van der Waals surface area contributed by atoms with Gasteiger partial charge in [-0.1, -0.05) is 11.8 Å². The van der Waals surface area contributed by atoms with Gasteiger partial charge in [0.15, 0.2) is 5.50 Å². The minimum atomic E-state index is -0.547. The van der Waals surface area contributed by atoms with E-state index in [1.54, 1.807) is 23.0 Å². The summed E-state index contributed by atoms with van der Waals surface area (Å²) in [6.07, 6.45) is 5.58. The van der Waals surface area contributed by atoms with Gasteiger partial charge in [0.1, 0.15) is 0 Å². The van der Waals surface area contributed by atoms with Gasteiger partial charge in [-0.25, -0.2) is 10.2 Å². The van der Waals surface area contributed by atoms with Gasteiger partial charge in [0, 0.05) is 18.6 Å². The highest BCUT2D eigenvalue weighted by Crippen LogP contribution is 2.31. The van der Waals surface area contributed by atoms with Crippen molar-refractivity contribution < 1.29 is 14.7 Å². The highest BCUT2D eigenvalue weighted by atomic mass is 32.2. The number of nitrogens with zero attached hydrogens (tertiary/aromatic N) is 2. The molecule has 2 rings (SSSR count). The molecule has 0 aromatic rings. The molecule has 0 bridgehead atoms. The number of amides is 2. The van der Waals surface area contributed by atoms with Gasteiger partial charge in [0.05, 0.1) is 0 Å². The number of fused-ring (bicyclic) bond motifs is 1. The lowest BCUT2D eigenvalue weighted by molar-refractivity contribution is -0.122. The summed E-state index contributed by atoms with van der Waals surface area (Å²) >= 11 is 1.60. The van der Waals surface area contributed by atoms with Gasteiger partial charge in [-0.15, -0.1) is 0 Å². The molecule has 0 saturated heterocycles. The van der Waals surface area contributed by atoms with Crippen LogP contribution in [0.1, 0.15) is 0 Å². The molecule has 1 unspecified atom stereocenters. The second kappa shape index (κ2) is 5.15. The molecule has 8 heteroatoms. The Morgan fingerprint density at radius 1 is 1.53 bits per heavy atom. The van der Waals surface area contributed by atoms with E-state index < -0.39 is 6.03 Å². The van der Waals surface area contributed by atoms with Crippen molar-refractivity contribution in [1.29, 1.82) is 0 Å². The monoisotopic (exact) mass is 230 g/mol. The fourth-order valence-electron chi connectivity index (χ4n) is 1.09. The standard InChI is InChI=1S/C6H8N4OS.CH2O2/c7-5(11)8-10-2-1-9-3-4-12-6(9)10;2-1-3/h1-4,6H,(H3,7,8,11);1H,(H,2,3). The highest BCUT2D eigenvalue weighted by molar-refractivity contribution is 8.02. The zero-order valence-corrected chi connectivity index (χ0v) is 8.42. The van der Waals surface area contributed by atoms with Crippen LogP contribution in [0.3, 0.4) is 0 Å². The summed E-state index contributed by atoms with van der Waals surface area (Å²) in [6.45, 7) is -0.250. The average molecular weight is 230 g/mol. The molecule has 4 N–H and O–H groups in total. The van der Waals surface area contributed by atoms with Crippen LogP contribution in [0, 0.1) is 0 Å². The maximum atomic E-state index is 10.5.